The van der Waals surface area contributed by atoms with Gasteiger partial charge in [0.2, 0.25) is 0 Å². The first kappa shape index (κ1) is 12.7. The zero-order chi connectivity index (χ0) is 12.3. The van der Waals surface area contributed by atoms with Crippen LogP contribution in [0.1, 0.15) is 38.2 Å². The summed E-state index contributed by atoms with van der Waals surface area (Å²) in [6.07, 6.45) is 5.28. The smallest absolute Gasteiger partial charge is 0.125 e. The van der Waals surface area contributed by atoms with Gasteiger partial charge >= 0.3 is 0 Å². The van der Waals surface area contributed by atoms with E-state index in [1.165, 1.54) is 19.3 Å². The van der Waals surface area contributed by atoms with Crippen LogP contribution in [0.3, 0.4) is 0 Å². The van der Waals surface area contributed by atoms with Crippen LogP contribution in [0.2, 0.25) is 5.02 Å². The predicted octanol–water partition coefficient (Wildman–Crippen LogP) is 3.76. The number of rotatable bonds is 3. The summed E-state index contributed by atoms with van der Waals surface area (Å²) in [6, 6.07) is 5.75. The van der Waals surface area contributed by atoms with Crippen molar-refractivity contribution in [2.24, 2.45) is 11.7 Å². The van der Waals surface area contributed by atoms with Crippen molar-refractivity contribution >= 4 is 11.6 Å². The molecule has 0 bridgehead atoms. The highest BCUT2D eigenvalue weighted by Gasteiger charge is 2.23. The lowest BCUT2D eigenvalue weighted by molar-refractivity contribution is 0.101. The molecule has 1 aromatic rings. The van der Waals surface area contributed by atoms with E-state index in [0.717, 1.165) is 17.7 Å². The minimum absolute atomic E-state index is 0.313. The second kappa shape index (κ2) is 5.74. The second-order valence-corrected chi connectivity index (χ2v) is 5.25. The standard InChI is InChI=1S/C14H20ClNO/c1-10-5-2-3-7-13(10)17-14-8-4-6-12(15)11(14)9-16/h4,6,8,10,13H,2-3,5,7,9,16H2,1H3. The van der Waals surface area contributed by atoms with Gasteiger partial charge in [0.15, 0.2) is 0 Å². The topological polar surface area (TPSA) is 35.2 Å². The van der Waals surface area contributed by atoms with Crippen molar-refractivity contribution in [1.29, 1.82) is 0 Å². The van der Waals surface area contributed by atoms with Crippen LogP contribution < -0.4 is 10.5 Å². The molecule has 0 aliphatic heterocycles. The highest BCUT2D eigenvalue weighted by molar-refractivity contribution is 6.31. The molecule has 94 valence electrons. The monoisotopic (exact) mass is 253 g/mol. The molecule has 2 nitrogen and oxygen atoms in total. The van der Waals surface area contributed by atoms with Crippen LogP contribution in [0.25, 0.3) is 0 Å². The molecule has 0 heterocycles. The maximum atomic E-state index is 6.12. The van der Waals surface area contributed by atoms with Gasteiger partial charge in [-0.2, -0.15) is 0 Å². The van der Waals surface area contributed by atoms with E-state index in [1.54, 1.807) is 0 Å². The maximum Gasteiger partial charge on any atom is 0.125 e. The van der Waals surface area contributed by atoms with Crippen LogP contribution in [-0.2, 0) is 6.54 Å². The van der Waals surface area contributed by atoms with Crippen LogP contribution in [0.4, 0.5) is 0 Å². The van der Waals surface area contributed by atoms with Crippen molar-refractivity contribution in [3.63, 3.8) is 0 Å². The Morgan fingerprint density at radius 2 is 2.12 bits per heavy atom. The number of benzene rings is 1. The summed E-state index contributed by atoms with van der Waals surface area (Å²) < 4.78 is 6.11. The quantitative estimate of drug-likeness (QED) is 0.890. The first-order valence-electron chi connectivity index (χ1n) is 6.36. The van der Waals surface area contributed by atoms with E-state index in [2.05, 4.69) is 6.92 Å². The van der Waals surface area contributed by atoms with E-state index >= 15 is 0 Å². The van der Waals surface area contributed by atoms with Gasteiger partial charge < -0.3 is 10.5 Å². The molecule has 1 saturated carbocycles. The molecule has 2 rings (SSSR count). The summed E-state index contributed by atoms with van der Waals surface area (Å²) in [5, 5.41) is 0.702. The molecule has 2 unspecified atom stereocenters. The number of ether oxygens (including phenoxy) is 1. The van der Waals surface area contributed by atoms with Gasteiger partial charge in [0, 0.05) is 17.1 Å². The summed E-state index contributed by atoms with van der Waals surface area (Å²) in [5.41, 5.74) is 6.65. The average Bonchev–Trinajstić information content (AvgIpc) is 2.32. The summed E-state index contributed by atoms with van der Waals surface area (Å²) in [4.78, 5) is 0. The third-order valence-electron chi connectivity index (χ3n) is 3.59. The summed E-state index contributed by atoms with van der Waals surface area (Å²) in [5.74, 6) is 1.48. The van der Waals surface area contributed by atoms with Crippen molar-refractivity contribution < 1.29 is 4.74 Å². The molecule has 0 radical (unpaired) electrons. The average molecular weight is 254 g/mol. The Morgan fingerprint density at radius 1 is 1.35 bits per heavy atom. The maximum absolute atomic E-state index is 6.12. The molecule has 1 fully saturated rings. The van der Waals surface area contributed by atoms with Gasteiger partial charge in [0.1, 0.15) is 11.9 Å². The molecule has 0 aromatic heterocycles. The second-order valence-electron chi connectivity index (χ2n) is 4.84. The number of hydrogen-bond donors (Lipinski definition) is 1. The van der Waals surface area contributed by atoms with Crippen LogP contribution in [-0.4, -0.2) is 6.10 Å². The molecule has 17 heavy (non-hydrogen) atoms. The fourth-order valence-electron chi connectivity index (χ4n) is 2.47. The lowest BCUT2D eigenvalue weighted by atomic mass is 9.88. The Bertz CT molecular complexity index is 380. The first-order valence-corrected chi connectivity index (χ1v) is 6.74. The highest BCUT2D eigenvalue weighted by atomic mass is 35.5. The van der Waals surface area contributed by atoms with Crippen LogP contribution in [0, 0.1) is 5.92 Å². The van der Waals surface area contributed by atoms with E-state index in [0.29, 0.717) is 23.6 Å². The lowest BCUT2D eigenvalue weighted by Crippen LogP contribution is -2.28. The molecule has 2 atom stereocenters. The molecule has 0 saturated heterocycles. The third-order valence-corrected chi connectivity index (χ3v) is 3.95. The van der Waals surface area contributed by atoms with Crippen molar-refractivity contribution in [1.82, 2.24) is 0 Å². The summed E-state index contributed by atoms with van der Waals surface area (Å²) in [7, 11) is 0. The molecule has 1 aromatic carbocycles. The van der Waals surface area contributed by atoms with Crippen molar-refractivity contribution in [3.8, 4) is 5.75 Å². The molecule has 0 spiro atoms. The lowest BCUT2D eigenvalue weighted by Gasteiger charge is -2.30. The predicted molar refractivity (Wildman–Crippen MR) is 71.4 cm³/mol. The number of hydrogen-bond acceptors (Lipinski definition) is 2. The van der Waals surface area contributed by atoms with Crippen LogP contribution in [0.15, 0.2) is 18.2 Å². The Morgan fingerprint density at radius 3 is 2.82 bits per heavy atom. The van der Waals surface area contributed by atoms with Crippen molar-refractivity contribution in [2.75, 3.05) is 0 Å². The van der Waals surface area contributed by atoms with Gasteiger partial charge in [-0.1, -0.05) is 31.0 Å². The fourth-order valence-corrected chi connectivity index (χ4v) is 2.71. The molecule has 1 aliphatic rings. The van der Waals surface area contributed by atoms with Crippen LogP contribution >= 0.6 is 11.6 Å². The normalized spacial score (nSPS) is 24.6. The minimum Gasteiger partial charge on any atom is -0.490 e. The van der Waals surface area contributed by atoms with E-state index in [4.69, 9.17) is 22.1 Å². The van der Waals surface area contributed by atoms with E-state index in [1.807, 2.05) is 18.2 Å². The van der Waals surface area contributed by atoms with Gasteiger partial charge in [-0.05, 0) is 37.3 Å². The van der Waals surface area contributed by atoms with Gasteiger partial charge in [-0.15, -0.1) is 0 Å². The zero-order valence-electron chi connectivity index (χ0n) is 10.3. The first-order chi connectivity index (χ1) is 8.22. The molecular weight excluding hydrogens is 234 g/mol. The number of nitrogens with two attached hydrogens (primary N) is 1. The molecule has 3 heteroatoms. The molecule has 0 amide bonds. The van der Waals surface area contributed by atoms with Gasteiger partial charge in [0.05, 0.1) is 0 Å². The van der Waals surface area contributed by atoms with Gasteiger partial charge in [-0.25, -0.2) is 0 Å². The molecular formula is C14H20ClNO. The highest BCUT2D eigenvalue weighted by Crippen LogP contribution is 2.32. The fraction of sp³-hybridized carbons (Fsp3) is 0.571. The Kier molecular flexibility index (Phi) is 4.30. The SMILES string of the molecule is CC1CCCCC1Oc1cccc(Cl)c1CN. The van der Waals surface area contributed by atoms with Crippen molar-refractivity contribution in [2.45, 2.75) is 45.3 Å². The van der Waals surface area contributed by atoms with Crippen LogP contribution in [0.5, 0.6) is 5.75 Å². The van der Waals surface area contributed by atoms with E-state index in [-0.39, 0.29) is 0 Å². The Hall–Kier alpha value is -0.730. The Balaban J connectivity index is 2.14. The van der Waals surface area contributed by atoms with Gasteiger partial charge in [-0.3, -0.25) is 0 Å². The van der Waals surface area contributed by atoms with E-state index in [9.17, 15) is 0 Å². The summed E-state index contributed by atoms with van der Waals surface area (Å²) in [6.45, 7) is 2.69. The summed E-state index contributed by atoms with van der Waals surface area (Å²) >= 11 is 6.12. The van der Waals surface area contributed by atoms with Gasteiger partial charge in [0.25, 0.3) is 0 Å². The van der Waals surface area contributed by atoms with Crippen molar-refractivity contribution in [3.05, 3.63) is 28.8 Å². The number of halogens is 1. The Labute approximate surface area is 108 Å². The molecule has 1 aliphatic carbocycles. The molecule has 2 N–H and O–H groups in total. The largest absolute Gasteiger partial charge is 0.490 e. The third kappa shape index (κ3) is 2.93. The minimum atomic E-state index is 0.313. The zero-order valence-corrected chi connectivity index (χ0v) is 11.0. The van der Waals surface area contributed by atoms with E-state index < -0.39 is 0 Å².